The van der Waals surface area contributed by atoms with E-state index in [0.717, 1.165) is 19.5 Å². The van der Waals surface area contributed by atoms with Crippen molar-refractivity contribution in [3.8, 4) is 0 Å². The molecule has 2 N–H and O–H groups in total. The fourth-order valence-corrected chi connectivity index (χ4v) is 3.72. The molecule has 1 aromatic carbocycles. The molecule has 1 fully saturated rings. The zero-order valence-corrected chi connectivity index (χ0v) is 17.6. The van der Waals surface area contributed by atoms with E-state index in [-0.39, 0.29) is 16.5 Å². The zero-order chi connectivity index (χ0) is 19.8. The van der Waals surface area contributed by atoms with Gasteiger partial charge in [-0.25, -0.2) is 0 Å². The van der Waals surface area contributed by atoms with Crippen LogP contribution in [0.3, 0.4) is 0 Å². The van der Waals surface area contributed by atoms with Crippen LogP contribution in [0.5, 0.6) is 0 Å². The normalized spacial score (nSPS) is 18.7. The standard InChI is InChI=1S/C20H29Cl2N3O2/c1-3-4-11-25-12-6-5-8-15(25)13-23-19(26)14(2)24-20(27)16-9-7-10-17(21)18(16)22/h7,9-10,14-15H,3-6,8,11-13H2,1-2H3,(H,23,26)(H,24,27). The first-order chi connectivity index (χ1) is 12.9. The number of hydrogen-bond acceptors (Lipinski definition) is 3. The largest absolute Gasteiger partial charge is 0.353 e. The number of halogens is 2. The van der Waals surface area contributed by atoms with Gasteiger partial charge in [-0.05, 0) is 51.4 Å². The second-order valence-corrected chi connectivity index (χ2v) is 7.87. The first kappa shape index (κ1) is 22.0. The van der Waals surface area contributed by atoms with Crippen LogP contribution in [0.1, 0.15) is 56.3 Å². The molecular weight excluding hydrogens is 385 g/mol. The van der Waals surface area contributed by atoms with Crippen molar-refractivity contribution < 1.29 is 9.59 Å². The van der Waals surface area contributed by atoms with E-state index in [4.69, 9.17) is 23.2 Å². The molecule has 2 atom stereocenters. The van der Waals surface area contributed by atoms with Crippen LogP contribution in [0.2, 0.25) is 10.0 Å². The number of carbonyl (C=O) groups excluding carboxylic acids is 2. The lowest BCUT2D eigenvalue weighted by molar-refractivity contribution is -0.122. The average molecular weight is 414 g/mol. The molecule has 2 amide bonds. The van der Waals surface area contributed by atoms with Crippen LogP contribution in [0.15, 0.2) is 18.2 Å². The van der Waals surface area contributed by atoms with Crippen molar-refractivity contribution in [3.05, 3.63) is 33.8 Å². The monoisotopic (exact) mass is 413 g/mol. The number of piperidine rings is 1. The zero-order valence-electron chi connectivity index (χ0n) is 16.1. The summed E-state index contributed by atoms with van der Waals surface area (Å²) in [7, 11) is 0. The highest BCUT2D eigenvalue weighted by Gasteiger charge is 2.24. The average Bonchev–Trinajstić information content (AvgIpc) is 2.66. The van der Waals surface area contributed by atoms with Gasteiger partial charge in [-0.15, -0.1) is 0 Å². The highest BCUT2D eigenvalue weighted by atomic mass is 35.5. The molecular formula is C20H29Cl2N3O2. The summed E-state index contributed by atoms with van der Waals surface area (Å²) in [6.07, 6.45) is 5.87. The fourth-order valence-electron chi connectivity index (χ4n) is 3.34. The maximum atomic E-state index is 12.4. The number of nitrogens with zero attached hydrogens (tertiary/aromatic N) is 1. The summed E-state index contributed by atoms with van der Waals surface area (Å²) in [5.41, 5.74) is 0.266. The summed E-state index contributed by atoms with van der Waals surface area (Å²) in [6, 6.07) is 4.58. The summed E-state index contributed by atoms with van der Waals surface area (Å²) < 4.78 is 0. The van der Waals surface area contributed by atoms with Crippen molar-refractivity contribution in [1.29, 1.82) is 0 Å². The minimum atomic E-state index is -0.653. The summed E-state index contributed by atoms with van der Waals surface area (Å²) in [5.74, 6) is -0.602. The predicted molar refractivity (Wildman–Crippen MR) is 111 cm³/mol. The summed E-state index contributed by atoms with van der Waals surface area (Å²) >= 11 is 12.0. The minimum Gasteiger partial charge on any atom is -0.353 e. The molecule has 1 aliphatic heterocycles. The second-order valence-electron chi connectivity index (χ2n) is 7.08. The number of amides is 2. The van der Waals surface area contributed by atoms with E-state index >= 15 is 0 Å². The van der Waals surface area contributed by atoms with Gasteiger partial charge < -0.3 is 10.6 Å². The maximum absolute atomic E-state index is 12.4. The Labute approximate surface area is 171 Å². The maximum Gasteiger partial charge on any atom is 0.253 e. The van der Waals surface area contributed by atoms with Gasteiger partial charge in [-0.3, -0.25) is 14.5 Å². The van der Waals surface area contributed by atoms with Crippen molar-refractivity contribution >= 4 is 35.0 Å². The molecule has 1 saturated heterocycles. The Kier molecular flexibility index (Phi) is 8.87. The summed E-state index contributed by atoms with van der Waals surface area (Å²) in [5, 5.41) is 6.18. The van der Waals surface area contributed by atoms with Gasteiger partial charge in [0.15, 0.2) is 0 Å². The molecule has 0 aromatic heterocycles. The molecule has 0 radical (unpaired) electrons. The Hall–Kier alpha value is -1.30. The van der Waals surface area contributed by atoms with E-state index in [2.05, 4.69) is 22.5 Å². The number of benzene rings is 1. The van der Waals surface area contributed by atoms with Gasteiger partial charge in [-0.1, -0.05) is 49.0 Å². The Morgan fingerprint density at radius 2 is 2.07 bits per heavy atom. The predicted octanol–water partition coefficient (Wildman–Crippen LogP) is 3.88. The van der Waals surface area contributed by atoms with Crippen molar-refractivity contribution in [1.82, 2.24) is 15.5 Å². The van der Waals surface area contributed by atoms with Crippen molar-refractivity contribution in [3.63, 3.8) is 0 Å². The lowest BCUT2D eigenvalue weighted by Gasteiger charge is -2.36. The van der Waals surface area contributed by atoms with Crippen LogP contribution in [0, 0.1) is 0 Å². The van der Waals surface area contributed by atoms with E-state index in [1.165, 1.54) is 25.7 Å². The fraction of sp³-hybridized carbons (Fsp3) is 0.600. The van der Waals surface area contributed by atoms with Gasteiger partial charge in [0.25, 0.3) is 5.91 Å². The molecule has 27 heavy (non-hydrogen) atoms. The molecule has 0 bridgehead atoms. The molecule has 5 nitrogen and oxygen atoms in total. The molecule has 1 heterocycles. The topological polar surface area (TPSA) is 61.4 Å². The van der Waals surface area contributed by atoms with Crippen LogP contribution >= 0.6 is 23.2 Å². The third-order valence-corrected chi connectivity index (χ3v) is 5.82. The van der Waals surface area contributed by atoms with E-state index in [9.17, 15) is 9.59 Å². The molecule has 1 aromatic rings. The Balaban J connectivity index is 1.85. The van der Waals surface area contributed by atoms with Crippen molar-refractivity contribution in [2.45, 2.75) is 58.0 Å². The molecule has 0 saturated carbocycles. The smallest absolute Gasteiger partial charge is 0.253 e. The Bertz CT molecular complexity index is 654. The summed E-state index contributed by atoms with van der Waals surface area (Å²) in [4.78, 5) is 27.3. The van der Waals surface area contributed by atoms with Crippen molar-refractivity contribution in [2.75, 3.05) is 19.6 Å². The first-order valence-corrected chi connectivity index (χ1v) is 10.5. The van der Waals surface area contributed by atoms with Gasteiger partial charge in [0, 0.05) is 12.6 Å². The molecule has 2 unspecified atom stereocenters. The SMILES string of the molecule is CCCCN1CCCCC1CNC(=O)C(C)NC(=O)c1cccc(Cl)c1Cl. The van der Waals surface area contributed by atoms with Crippen molar-refractivity contribution in [2.24, 2.45) is 0 Å². The number of rotatable bonds is 8. The molecule has 2 rings (SSSR count). The highest BCUT2D eigenvalue weighted by Crippen LogP contribution is 2.25. The minimum absolute atomic E-state index is 0.192. The van der Waals surface area contributed by atoms with E-state index < -0.39 is 11.9 Å². The van der Waals surface area contributed by atoms with Crippen LogP contribution in [-0.2, 0) is 4.79 Å². The molecule has 0 spiro atoms. The van der Waals surface area contributed by atoms with Gasteiger partial charge >= 0.3 is 0 Å². The van der Waals surface area contributed by atoms with Crippen LogP contribution < -0.4 is 10.6 Å². The third kappa shape index (κ3) is 6.37. The quantitative estimate of drug-likeness (QED) is 0.679. The van der Waals surface area contributed by atoms with E-state index in [1.807, 2.05) is 0 Å². The number of unbranched alkanes of at least 4 members (excludes halogenated alkanes) is 1. The van der Waals surface area contributed by atoms with Crippen LogP contribution in [-0.4, -0.2) is 48.4 Å². The highest BCUT2D eigenvalue weighted by molar-refractivity contribution is 6.43. The van der Waals surface area contributed by atoms with Crippen LogP contribution in [0.4, 0.5) is 0 Å². The molecule has 150 valence electrons. The second kappa shape index (κ2) is 10.9. The Morgan fingerprint density at radius 1 is 1.30 bits per heavy atom. The molecule has 1 aliphatic rings. The van der Waals surface area contributed by atoms with Gasteiger partial charge in [-0.2, -0.15) is 0 Å². The third-order valence-electron chi connectivity index (χ3n) is 5.00. The van der Waals surface area contributed by atoms with E-state index in [0.29, 0.717) is 17.6 Å². The number of likely N-dealkylation sites (tertiary alicyclic amines) is 1. The van der Waals surface area contributed by atoms with Gasteiger partial charge in [0.2, 0.25) is 5.91 Å². The van der Waals surface area contributed by atoms with Crippen LogP contribution in [0.25, 0.3) is 0 Å². The molecule has 0 aliphatic carbocycles. The lowest BCUT2D eigenvalue weighted by atomic mass is 10.0. The lowest BCUT2D eigenvalue weighted by Crippen LogP contribution is -2.51. The van der Waals surface area contributed by atoms with Gasteiger partial charge in [0.05, 0.1) is 15.6 Å². The van der Waals surface area contributed by atoms with Gasteiger partial charge in [0.1, 0.15) is 6.04 Å². The Morgan fingerprint density at radius 3 is 2.81 bits per heavy atom. The number of carbonyl (C=O) groups is 2. The number of hydrogen-bond donors (Lipinski definition) is 2. The molecule has 7 heteroatoms. The summed E-state index contributed by atoms with van der Waals surface area (Å²) in [6.45, 7) is 6.65. The first-order valence-electron chi connectivity index (χ1n) is 9.70. The van der Waals surface area contributed by atoms with E-state index in [1.54, 1.807) is 25.1 Å². The number of nitrogens with one attached hydrogen (secondary N) is 2.